The molecule has 1 aromatic heterocycles. The van der Waals surface area contributed by atoms with Crippen molar-refractivity contribution in [2.45, 2.75) is 32.4 Å². The number of nitrogens with one attached hydrogen (secondary N) is 1. The summed E-state index contributed by atoms with van der Waals surface area (Å²) >= 11 is 0. The minimum atomic E-state index is 0.136. The third-order valence-corrected chi connectivity index (χ3v) is 5.00. The molecule has 1 aromatic carbocycles. The molecule has 6 nitrogen and oxygen atoms in total. The number of aryl methyl sites for hydroxylation is 1. The Bertz CT molecular complexity index is 679. The van der Waals surface area contributed by atoms with Crippen LogP contribution >= 0.6 is 0 Å². The maximum absolute atomic E-state index is 12.4. The summed E-state index contributed by atoms with van der Waals surface area (Å²) in [6, 6.07) is 8.14. The van der Waals surface area contributed by atoms with Crippen molar-refractivity contribution < 1.29 is 9.53 Å². The average molecular weight is 356 g/mol. The van der Waals surface area contributed by atoms with Gasteiger partial charge in [-0.1, -0.05) is 18.2 Å². The molecule has 1 aliphatic heterocycles. The first-order valence-corrected chi connectivity index (χ1v) is 9.34. The zero-order valence-electron chi connectivity index (χ0n) is 15.4. The summed E-state index contributed by atoms with van der Waals surface area (Å²) < 4.78 is 7.46. The fraction of sp³-hybridized carbons (Fsp3) is 0.500. The quantitative estimate of drug-likeness (QED) is 0.738. The lowest BCUT2D eigenvalue weighted by atomic mass is 9.95. The van der Waals surface area contributed by atoms with Crippen molar-refractivity contribution in [3.05, 3.63) is 48.5 Å². The molecular weight excluding hydrogens is 328 g/mol. The topological polar surface area (TPSA) is 59.4 Å². The molecule has 0 unspecified atom stereocenters. The molecule has 1 saturated heterocycles. The van der Waals surface area contributed by atoms with E-state index in [4.69, 9.17) is 4.74 Å². The van der Waals surface area contributed by atoms with E-state index in [2.05, 4.69) is 21.3 Å². The second-order valence-electron chi connectivity index (χ2n) is 6.81. The summed E-state index contributed by atoms with van der Waals surface area (Å²) in [5.74, 6) is 1.27. The van der Waals surface area contributed by atoms with Crippen LogP contribution in [0, 0.1) is 5.92 Å². The number of piperidine rings is 1. The van der Waals surface area contributed by atoms with Crippen LogP contribution in [0.25, 0.3) is 0 Å². The highest BCUT2D eigenvalue weighted by atomic mass is 16.5. The van der Waals surface area contributed by atoms with Gasteiger partial charge in [-0.25, -0.2) is 4.98 Å². The Hall–Kier alpha value is -2.34. The fourth-order valence-electron chi connectivity index (χ4n) is 3.46. The summed E-state index contributed by atoms with van der Waals surface area (Å²) in [5, 5.41) is 3.09. The molecular formula is C20H28N4O2. The van der Waals surface area contributed by atoms with Crippen LogP contribution in [0.15, 0.2) is 43.0 Å². The molecule has 2 heterocycles. The zero-order valence-corrected chi connectivity index (χ0v) is 15.4. The number of hydrogen-bond donors (Lipinski definition) is 1. The van der Waals surface area contributed by atoms with E-state index in [-0.39, 0.29) is 11.8 Å². The smallest absolute Gasteiger partial charge is 0.223 e. The largest absolute Gasteiger partial charge is 0.496 e. The van der Waals surface area contributed by atoms with Gasteiger partial charge in [0.2, 0.25) is 5.91 Å². The van der Waals surface area contributed by atoms with Gasteiger partial charge in [0.05, 0.1) is 13.4 Å². The molecule has 1 N–H and O–H groups in total. The Morgan fingerprint density at radius 2 is 2.12 bits per heavy atom. The number of imidazole rings is 1. The first kappa shape index (κ1) is 18.5. The lowest BCUT2D eigenvalue weighted by Crippen LogP contribution is -2.40. The number of aromatic nitrogens is 2. The van der Waals surface area contributed by atoms with Crippen molar-refractivity contribution in [3.63, 3.8) is 0 Å². The Morgan fingerprint density at radius 3 is 2.85 bits per heavy atom. The number of rotatable bonds is 8. The molecule has 0 atom stereocenters. The van der Waals surface area contributed by atoms with Gasteiger partial charge in [-0.05, 0) is 38.4 Å². The van der Waals surface area contributed by atoms with E-state index in [9.17, 15) is 4.79 Å². The predicted molar refractivity (Wildman–Crippen MR) is 101 cm³/mol. The normalized spacial score (nSPS) is 15.7. The Balaban J connectivity index is 1.37. The van der Waals surface area contributed by atoms with Crippen molar-refractivity contribution in [1.82, 2.24) is 19.8 Å². The molecule has 6 heteroatoms. The lowest BCUT2D eigenvalue weighted by molar-refractivity contribution is -0.126. The van der Waals surface area contributed by atoms with Crippen molar-refractivity contribution in [2.24, 2.45) is 5.92 Å². The van der Waals surface area contributed by atoms with E-state index >= 15 is 0 Å². The molecule has 3 rings (SSSR count). The van der Waals surface area contributed by atoms with Gasteiger partial charge >= 0.3 is 0 Å². The zero-order chi connectivity index (χ0) is 18.2. The van der Waals surface area contributed by atoms with Crippen LogP contribution in [-0.2, 0) is 17.9 Å². The second-order valence-corrected chi connectivity index (χ2v) is 6.81. The van der Waals surface area contributed by atoms with Crippen molar-refractivity contribution in [3.8, 4) is 5.75 Å². The monoisotopic (exact) mass is 356 g/mol. The SMILES string of the molecule is COc1ccccc1CN1CCC(C(=O)NCCCn2ccnc2)CC1. The van der Waals surface area contributed by atoms with E-state index in [0.29, 0.717) is 0 Å². The van der Waals surface area contributed by atoms with Gasteiger partial charge in [-0.15, -0.1) is 0 Å². The summed E-state index contributed by atoms with van der Waals surface area (Å²) in [6.45, 7) is 4.38. The highest BCUT2D eigenvalue weighted by molar-refractivity contribution is 5.78. The van der Waals surface area contributed by atoms with E-state index < -0.39 is 0 Å². The van der Waals surface area contributed by atoms with E-state index in [0.717, 1.165) is 57.7 Å². The Kier molecular flexibility index (Phi) is 6.66. The molecule has 1 aliphatic rings. The van der Waals surface area contributed by atoms with Gasteiger partial charge in [0.15, 0.2) is 0 Å². The number of methoxy groups -OCH3 is 1. The molecule has 0 spiro atoms. The van der Waals surface area contributed by atoms with Crippen LogP contribution in [0.4, 0.5) is 0 Å². The highest BCUT2D eigenvalue weighted by Crippen LogP contribution is 2.23. The fourth-order valence-corrected chi connectivity index (χ4v) is 3.46. The number of likely N-dealkylation sites (tertiary alicyclic amines) is 1. The van der Waals surface area contributed by atoms with Gasteiger partial charge in [0, 0.05) is 43.5 Å². The van der Waals surface area contributed by atoms with E-state index in [1.54, 1.807) is 19.6 Å². The molecule has 1 fully saturated rings. The predicted octanol–water partition coefficient (Wildman–Crippen LogP) is 2.31. The standard InChI is InChI=1S/C20H28N4O2/c1-26-19-6-3-2-5-18(19)15-23-12-7-17(8-13-23)20(25)22-9-4-11-24-14-10-21-16-24/h2-3,5-6,10,14,16-17H,4,7-9,11-13,15H2,1H3,(H,22,25). The molecule has 0 aliphatic carbocycles. The minimum absolute atomic E-state index is 0.136. The number of carbonyl (C=O) groups excluding carboxylic acids is 1. The van der Waals surface area contributed by atoms with Crippen LogP contribution in [0.1, 0.15) is 24.8 Å². The number of ether oxygens (including phenoxy) is 1. The third-order valence-electron chi connectivity index (χ3n) is 5.00. The van der Waals surface area contributed by atoms with Gasteiger partial charge < -0.3 is 14.6 Å². The highest BCUT2D eigenvalue weighted by Gasteiger charge is 2.25. The average Bonchev–Trinajstić information content (AvgIpc) is 3.19. The Labute approximate surface area is 155 Å². The molecule has 140 valence electrons. The van der Waals surface area contributed by atoms with E-state index in [1.807, 2.05) is 29.0 Å². The van der Waals surface area contributed by atoms with Gasteiger partial charge in [-0.2, -0.15) is 0 Å². The first-order chi connectivity index (χ1) is 12.8. The van der Waals surface area contributed by atoms with Crippen molar-refractivity contribution in [2.75, 3.05) is 26.7 Å². The van der Waals surface area contributed by atoms with Crippen LogP contribution < -0.4 is 10.1 Å². The lowest BCUT2D eigenvalue weighted by Gasteiger charge is -2.31. The summed E-state index contributed by atoms with van der Waals surface area (Å²) in [4.78, 5) is 18.8. The minimum Gasteiger partial charge on any atom is -0.496 e. The number of benzene rings is 1. The number of carbonyl (C=O) groups is 1. The molecule has 0 bridgehead atoms. The maximum Gasteiger partial charge on any atom is 0.223 e. The van der Waals surface area contributed by atoms with Crippen LogP contribution in [0.5, 0.6) is 5.75 Å². The molecule has 0 radical (unpaired) electrons. The second kappa shape index (κ2) is 9.38. The number of para-hydroxylation sites is 1. The van der Waals surface area contributed by atoms with Gasteiger partial charge in [0.1, 0.15) is 5.75 Å². The van der Waals surface area contributed by atoms with Crippen LogP contribution in [-0.4, -0.2) is 47.1 Å². The van der Waals surface area contributed by atoms with Crippen LogP contribution in [0.2, 0.25) is 0 Å². The molecule has 0 saturated carbocycles. The van der Waals surface area contributed by atoms with Crippen molar-refractivity contribution >= 4 is 5.91 Å². The summed E-state index contributed by atoms with van der Waals surface area (Å²) in [6.07, 6.45) is 8.29. The van der Waals surface area contributed by atoms with Gasteiger partial charge in [-0.3, -0.25) is 9.69 Å². The number of hydrogen-bond acceptors (Lipinski definition) is 4. The molecule has 26 heavy (non-hydrogen) atoms. The van der Waals surface area contributed by atoms with Crippen LogP contribution in [0.3, 0.4) is 0 Å². The molecule has 2 aromatic rings. The van der Waals surface area contributed by atoms with Gasteiger partial charge in [0.25, 0.3) is 0 Å². The molecule has 1 amide bonds. The number of nitrogens with zero attached hydrogens (tertiary/aromatic N) is 3. The van der Waals surface area contributed by atoms with E-state index in [1.165, 1.54) is 5.56 Å². The summed E-state index contributed by atoms with van der Waals surface area (Å²) in [7, 11) is 1.71. The third kappa shape index (κ3) is 5.08. The van der Waals surface area contributed by atoms with Crippen molar-refractivity contribution in [1.29, 1.82) is 0 Å². The Morgan fingerprint density at radius 1 is 1.31 bits per heavy atom. The first-order valence-electron chi connectivity index (χ1n) is 9.34. The maximum atomic E-state index is 12.4. The number of amides is 1. The summed E-state index contributed by atoms with van der Waals surface area (Å²) in [5.41, 5.74) is 1.21.